The maximum atomic E-state index is 4.23. The lowest BCUT2D eigenvalue weighted by Gasteiger charge is -2.32. The summed E-state index contributed by atoms with van der Waals surface area (Å²) < 4.78 is 0. The van der Waals surface area contributed by atoms with Gasteiger partial charge < -0.3 is 5.32 Å². The van der Waals surface area contributed by atoms with Crippen LogP contribution in [0.15, 0.2) is 78.5 Å². The highest BCUT2D eigenvalue weighted by Crippen LogP contribution is 2.39. The minimum Gasteiger partial charge on any atom is -0.384 e. The van der Waals surface area contributed by atoms with E-state index in [0.717, 1.165) is 31.5 Å². The van der Waals surface area contributed by atoms with Crippen molar-refractivity contribution in [1.29, 1.82) is 0 Å². The molecule has 2 heteroatoms. The molecule has 2 aliphatic carbocycles. The van der Waals surface area contributed by atoms with Gasteiger partial charge in [0.25, 0.3) is 0 Å². The Hall–Kier alpha value is -2.06. The van der Waals surface area contributed by atoms with Gasteiger partial charge in [0.05, 0.1) is 0 Å². The smallest absolute Gasteiger partial charge is 0.0498 e. The van der Waals surface area contributed by atoms with Gasteiger partial charge in [0.1, 0.15) is 0 Å². The van der Waals surface area contributed by atoms with E-state index in [0.29, 0.717) is 29.1 Å². The number of thiophene rings is 1. The van der Waals surface area contributed by atoms with Crippen LogP contribution in [0.5, 0.6) is 0 Å². The molecule has 1 heterocycles. The third-order valence-electron chi connectivity index (χ3n) is 7.03. The van der Waals surface area contributed by atoms with Crippen LogP contribution in [0.3, 0.4) is 0 Å². The first-order valence-electron chi connectivity index (χ1n) is 12.5. The summed E-state index contributed by atoms with van der Waals surface area (Å²) in [7, 11) is 0. The van der Waals surface area contributed by atoms with Crippen LogP contribution in [-0.4, -0.2) is 6.54 Å². The maximum absolute atomic E-state index is 4.23. The molecule has 3 rings (SSSR count). The van der Waals surface area contributed by atoms with Gasteiger partial charge in [-0.1, -0.05) is 88.8 Å². The number of allylic oxidation sites excluding steroid dienone is 8. The topological polar surface area (TPSA) is 12.0 Å². The zero-order valence-electron chi connectivity index (χ0n) is 21.6. The lowest BCUT2D eigenvalue weighted by Crippen LogP contribution is -2.21. The molecule has 0 saturated heterocycles. The fourth-order valence-electron chi connectivity index (χ4n) is 4.72. The molecule has 0 amide bonds. The average molecular weight is 462 g/mol. The van der Waals surface area contributed by atoms with E-state index < -0.39 is 0 Å². The summed E-state index contributed by atoms with van der Waals surface area (Å²) in [5.41, 5.74) is 5.52. The van der Waals surface area contributed by atoms with E-state index >= 15 is 0 Å². The van der Waals surface area contributed by atoms with Crippen molar-refractivity contribution in [2.24, 2.45) is 23.2 Å². The summed E-state index contributed by atoms with van der Waals surface area (Å²) in [6.07, 6.45) is 17.8. The van der Waals surface area contributed by atoms with Crippen LogP contribution in [0.4, 0.5) is 0 Å². The minimum absolute atomic E-state index is 0.338. The Morgan fingerprint density at radius 1 is 1.18 bits per heavy atom. The Labute approximate surface area is 206 Å². The maximum Gasteiger partial charge on any atom is 0.0498 e. The molecule has 0 radical (unpaired) electrons. The number of hydrogen-bond acceptors (Lipinski definition) is 2. The van der Waals surface area contributed by atoms with Crippen molar-refractivity contribution in [3.8, 4) is 0 Å². The molecule has 0 bridgehead atoms. The molecule has 0 aromatic carbocycles. The minimum atomic E-state index is 0.338. The Kier molecular flexibility index (Phi) is 8.45. The van der Waals surface area contributed by atoms with Crippen LogP contribution in [-0.2, 0) is 0 Å². The molecule has 0 aliphatic heterocycles. The lowest BCUT2D eigenvalue weighted by atomic mass is 9.73. The fraction of sp³-hybridized carbons (Fsp3) is 0.484. The lowest BCUT2D eigenvalue weighted by molar-refractivity contribution is 0.292. The summed E-state index contributed by atoms with van der Waals surface area (Å²) in [4.78, 5) is 2.67. The molecule has 4 unspecified atom stereocenters. The first-order valence-corrected chi connectivity index (χ1v) is 13.3. The van der Waals surface area contributed by atoms with Crippen LogP contribution in [0, 0.1) is 23.2 Å². The van der Waals surface area contributed by atoms with E-state index in [2.05, 4.69) is 109 Å². The van der Waals surface area contributed by atoms with E-state index in [9.17, 15) is 0 Å². The van der Waals surface area contributed by atoms with Crippen molar-refractivity contribution in [3.05, 3.63) is 88.2 Å². The largest absolute Gasteiger partial charge is 0.384 e. The molecule has 0 saturated carbocycles. The Bertz CT molecular complexity index is 975. The number of nitrogens with one attached hydrogen (secondary N) is 1. The van der Waals surface area contributed by atoms with Gasteiger partial charge in [-0.25, -0.2) is 0 Å². The molecule has 178 valence electrons. The Morgan fingerprint density at radius 3 is 2.55 bits per heavy atom. The summed E-state index contributed by atoms with van der Waals surface area (Å²) in [6.45, 7) is 22.9. The van der Waals surface area contributed by atoms with Crippen LogP contribution in [0.25, 0.3) is 5.70 Å². The average Bonchev–Trinajstić information content (AvgIpc) is 3.24. The predicted molar refractivity (Wildman–Crippen MR) is 148 cm³/mol. The van der Waals surface area contributed by atoms with Gasteiger partial charge in [0.2, 0.25) is 0 Å². The highest BCUT2D eigenvalue weighted by molar-refractivity contribution is 7.13. The second-order valence-corrected chi connectivity index (χ2v) is 12.3. The normalized spacial score (nSPS) is 23.6. The molecule has 0 fully saturated rings. The van der Waals surface area contributed by atoms with Gasteiger partial charge in [-0.15, -0.1) is 17.9 Å². The van der Waals surface area contributed by atoms with Crippen molar-refractivity contribution >= 4 is 17.0 Å². The van der Waals surface area contributed by atoms with E-state index in [1.54, 1.807) is 0 Å². The molecular weight excluding hydrogens is 418 g/mol. The summed E-state index contributed by atoms with van der Waals surface area (Å²) in [5, 5.41) is 3.44. The zero-order valence-corrected chi connectivity index (χ0v) is 22.4. The van der Waals surface area contributed by atoms with Crippen molar-refractivity contribution in [2.75, 3.05) is 6.54 Å². The third kappa shape index (κ3) is 6.96. The quantitative estimate of drug-likeness (QED) is 0.362. The van der Waals surface area contributed by atoms with E-state index in [-0.39, 0.29) is 0 Å². The molecule has 4 atom stereocenters. The summed E-state index contributed by atoms with van der Waals surface area (Å²) in [6, 6.07) is 4.49. The van der Waals surface area contributed by atoms with Crippen molar-refractivity contribution in [3.63, 3.8) is 0 Å². The first kappa shape index (κ1) is 25.6. The Balaban J connectivity index is 1.55. The van der Waals surface area contributed by atoms with Crippen LogP contribution < -0.4 is 5.32 Å². The van der Waals surface area contributed by atoms with Crippen molar-refractivity contribution < 1.29 is 0 Å². The SMILES string of the molecule is C=C(C)CCNC(=C)c1ccc(C(C)CC2=CC(C)C(C3=CCC(C(C)(C)C)C=C3)C=C2)s1. The predicted octanol–water partition coefficient (Wildman–Crippen LogP) is 9.07. The monoisotopic (exact) mass is 461 g/mol. The molecule has 33 heavy (non-hydrogen) atoms. The molecule has 1 nitrogen and oxygen atoms in total. The van der Waals surface area contributed by atoms with Crippen LogP contribution in [0.1, 0.15) is 76.5 Å². The standard InChI is InChI=1S/C31H43NS/c1-21(2)17-18-32-24(5)30-16-15-29(33-30)23(4)20-25-9-14-28(22(3)19-25)26-10-12-27(13-11-26)31(6,7)8/h9-12,14-16,19,22-23,27-28,32H,1,5,13,17-18,20H2,2-4,6-8H3. The highest BCUT2D eigenvalue weighted by atomic mass is 32.1. The Morgan fingerprint density at radius 2 is 1.94 bits per heavy atom. The van der Waals surface area contributed by atoms with Crippen LogP contribution in [0.2, 0.25) is 0 Å². The number of rotatable bonds is 9. The molecule has 1 aromatic heterocycles. The number of hydrogen-bond donors (Lipinski definition) is 1. The first-order chi connectivity index (χ1) is 15.5. The molecule has 0 spiro atoms. The molecular formula is C31H43NS. The zero-order chi connectivity index (χ0) is 24.2. The van der Waals surface area contributed by atoms with E-state index in [1.165, 1.54) is 26.5 Å². The fourth-order valence-corrected chi connectivity index (χ4v) is 5.73. The summed E-state index contributed by atoms with van der Waals surface area (Å²) in [5.74, 6) is 2.19. The van der Waals surface area contributed by atoms with Gasteiger partial charge in [0.15, 0.2) is 0 Å². The van der Waals surface area contributed by atoms with Gasteiger partial charge >= 0.3 is 0 Å². The van der Waals surface area contributed by atoms with Gasteiger partial charge in [0, 0.05) is 27.9 Å². The van der Waals surface area contributed by atoms with Gasteiger partial charge in [-0.2, -0.15) is 0 Å². The van der Waals surface area contributed by atoms with E-state index in [4.69, 9.17) is 0 Å². The second-order valence-electron chi connectivity index (χ2n) is 11.2. The van der Waals surface area contributed by atoms with Crippen molar-refractivity contribution in [2.45, 2.75) is 66.7 Å². The summed E-state index contributed by atoms with van der Waals surface area (Å²) >= 11 is 1.87. The van der Waals surface area contributed by atoms with Gasteiger partial charge in [-0.3, -0.25) is 0 Å². The second kappa shape index (κ2) is 10.9. The van der Waals surface area contributed by atoms with E-state index in [1.807, 2.05) is 11.3 Å². The van der Waals surface area contributed by atoms with Crippen LogP contribution >= 0.6 is 11.3 Å². The highest BCUT2D eigenvalue weighted by Gasteiger charge is 2.26. The van der Waals surface area contributed by atoms with Gasteiger partial charge in [-0.05, 0) is 67.1 Å². The van der Waals surface area contributed by atoms with Crippen molar-refractivity contribution in [1.82, 2.24) is 5.32 Å². The molecule has 1 N–H and O–H groups in total. The third-order valence-corrected chi connectivity index (χ3v) is 8.41. The molecule has 1 aromatic rings. The molecule has 2 aliphatic rings.